The molecule has 1 saturated heterocycles. The quantitative estimate of drug-likeness (QED) is 0.866. The van der Waals surface area contributed by atoms with Crippen LogP contribution in [0.1, 0.15) is 32.0 Å². The molecule has 1 fully saturated rings. The summed E-state index contributed by atoms with van der Waals surface area (Å²) in [5, 5.41) is 3.06. The first-order valence-electron chi connectivity index (χ1n) is 6.17. The first-order chi connectivity index (χ1) is 8.09. The molecular formula is C14H20N2O. The number of carbonyl (C=O) groups excluding carboxylic acids is 1. The molecule has 1 aromatic rings. The Balaban J connectivity index is 2.16. The molecule has 2 atom stereocenters. The molecular weight excluding hydrogens is 212 g/mol. The highest BCUT2D eigenvalue weighted by Crippen LogP contribution is 2.27. The van der Waals surface area contributed by atoms with Crippen LogP contribution >= 0.6 is 0 Å². The summed E-state index contributed by atoms with van der Waals surface area (Å²) in [7, 11) is 2.02. The van der Waals surface area contributed by atoms with Crippen LogP contribution in [0, 0.1) is 5.92 Å². The van der Waals surface area contributed by atoms with E-state index in [9.17, 15) is 4.79 Å². The summed E-state index contributed by atoms with van der Waals surface area (Å²) in [6, 6.07) is 10.1. The molecule has 0 radical (unpaired) electrons. The van der Waals surface area contributed by atoms with Gasteiger partial charge >= 0.3 is 0 Å². The van der Waals surface area contributed by atoms with Crippen LogP contribution in [0.15, 0.2) is 30.3 Å². The minimum absolute atomic E-state index is 0.000191. The third kappa shape index (κ3) is 2.50. The molecule has 1 aromatic carbocycles. The van der Waals surface area contributed by atoms with E-state index in [0.717, 1.165) is 12.0 Å². The molecule has 0 aromatic heterocycles. The van der Waals surface area contributed by atoms with E-state index in [2.05, 4.69) is 36.2 Å². The second kappa shape index (κ2) is 4.88. The van der Waals surface area contributed by atoms with Crippen molar-refractivity contribution in [3.63, 3.8) is 0 Å². The van der Waals surface area contributed by atoms with Gasteiger partial charge in [0.15, 0.2) is 0 Å². The fraction of sp³-hybridized carbons (Fsp3) is 0.500. The predicted octanol–water partition coefficient (Wildman–Crippen LogP) is 2.16. The summed E-state index contributed by atoms with van der Waals surface area (Å²) in [5.41, 5.74) is 1.15. The van der Waals surface area contributed by atoms with Crippen molar-refractivity contribution in [2.75, 3.05) is 7.05 Å². The summed E-state index contributed by atoms with van der Waals surface area (Å²) >= 11 is 0. The van der Waals surface area contributed by atoms with Crippen LogP contribution in [0.3, 0.4) is 0 Å². The number of benzene rings is 1. The van der Waals surface area contributed by atoms with Gasteiger partial charge in [0.25, 0.3) is 0 Å². The third-order valence-corrected chi connectivity index (χ3v) is 3.29. The molecule has 1 aliphatic rings. The van der Waals surface area contributed by atoms with Crippen LogP contribution in [-0.2, 0) is 4.79 Å². The highest BCUT2D eigenvalue weighted by molar-refractivity contribution is 5.84. The van der Waals surface area contributed by atoms with E-state index < -0.39 is 0 Å². The van der Waals surface area contributed by atoms with E-state index in [0.29, 0.717) is 5.92 Å². The van der Waals surface area contributed by atoms with Crippen molar-refractivity contribution in [3.8, 4) is 0 Å². The highest BCUT2D eigenvalue weighted by atomic mass is 16.2. The molecule has 0 saturated carbocycles. The molecule has 3 heteroatoms. The van der Waals surface area contributed by atoms with Crippen LogP contribution in [0.5, 0.6) is 0 Å². The van der Waals surface area contributed by atoms with E-state index >= 15 is 0 Å². The molecule has 0 unspecified atom stereocenters. The van der Waals surface area contributed by atoms with Crippen LogP contribution < -0.4 is 5.32 Å². The van der Waals surface area contributed by atoms with Crippen molar-refractivity contribution in [2.45, 2.75) is 32.5 Å². The van der Waals surface area contributed by atoms with Crippen molar-refractivity contribution in [1.82, 2.24) is 10.2 Å². The maximum Gasteiger partial charge on any atom is 0.238 e. The van der Waals surface area contributed by atoms with Crippen LogP contribution in [0.2, 0.25) is 0 Å². The standard InChI is InChI=1S/C14H20N2O/c1-10(2)9-12-14(17)15-13(16(12)3)11-7-5-4-6-8-11/h4-8,10,12-13H,9H2,1-3H3,(H,15,17)/t12-,13-/m0/s1. The fourth-order valence-electron chi connectivity index (χ4n) is 2.37. The van der Waals surface area contributed by atoms with Gasteiger partial charge in [-0.25, -0.2) is 0 Å². The summed E-state index contributed by atoms with van der Waals surface area (Å²) in [5.74, 6) is 0.678. The second-order valence-electron chi connectivity index (χ2n) is 5.13. The Labute approximate surface area is 103 Å². The van der Waals surface area contributed by atoms with E-state index in [4.69, 9.17) is 0 Å². The van der Waals surface area contributed by atoms with Gasteiger partial charge in [-0.2, -0.15) is 0 Å². The lowest BCUT2D eigenvalue weighted by atomic mass is 10.0. The van der Waals surface area contributed by atoms with E-state index in [1.165, 1.54) is 0 Å². The Morgan fingerprint density at radius 2 is 1.94 bits per heavy atom. The van der Waals surface area contributed by atoms with E-state index in [1.807, 2.05) is 25.2 Å². The number of likely N-dealkylation sites (N-methyl/N-ethyl adjacent to an activating group) is 1. The van der Waals surface area contributed by atoms with Gasteiger partial charge in [0, 0.05) is 0 Å². The Morgan fingerprint density at radius 1 is 1.29 bits per heavy atom. The molecule has 1 N–H and O–H groups in total. The van der Waals surface area contributed by atoms with Crippen molar-refractivity contribution >= 4 is 5.91 Å². The molecule has 1 heterocycles. The van der Waals surface area contributed by atoms with E-state index in [1.54, 1.807) is 0 Å². The second-order valence-corrected chi connectivity index (χ2v) is 5.13. The topological polar surface area (TPSA) is 32.3 Å². The van der Waals surface area contributed by atoms with Crippen LogP contribution in [-0.4, -0.2) is 23.9 Å². The molecule has 1 aliphatic heterocycles. The number of nitrogens with one attached hydrogen (secondary N) is 1. The van der Waals surface area contributed by atoms with Crippen LogP contribution in [0.25, 0.3) is 0 Å². The zero-order valence-electron chi connectivity index (χ0n) is 10.7. The number of hydrogen-bond acceptors (Lipinski definition) is 2. The van der Waals surface area contributed by atoms with Gasteiger partial charge in [-0.05, 0) is 24.9 Å². The summed E-state index contributed by atoms with van der Waals surface area (Å²) < 4.78 is 0. The smallest absolute Gasteiger partial charge is 0.238 e. The van der Waals surface area contributed by atoms with Gasteiger partial charge in [0.1, 0.15) is 6.17 Å². The van der Waals surface area contributed by atoms with Crippen molar-refractivity contribution in [1.29, 1.82) is 0 Å². The summed E-state index contributed by atoms with van der Waals surface area (Å²) in [4.78, 5) is 14.1. The SMILES string of the molecule is CC(C)C[C@H]1C(=O)N[C@H](c2ccccc2)N1C. The summed E-state index contributed by atoms with van der Waals surface area (Å²) in [6.07, 6.45) is 0.929. The van der Waals surface area contributed by atoms with Gasteiger partial charge < -0.3 is 5.32 Å². The van der Waals surface area contributed by atoms with Crippen molar-refractivity contribution in [2.24, 2.45) is 5.92 Å². The zero-order valence-corrected chi connectivity index (χ0v) is 10.7. The first kappa shape index (κ1) is 12.1. The summed E-state index contributed by atoms with van der Waals surface area (Å²) in [6.45, 7) is 4.30. The third-order valence-electron chi connectivity index (χ3n) is 3.29. The molecule has 17 heavy (non-hydrogen) atoms. The molecule has 3 nitrogen and oxygen atoms in total. The maximum absolute atomic E-state index is 12.0. The molecule has 0 bridgehead atoms. The van der Waals surface area contributed by atoms with Crippen molar-refractivity contribution in [3.05, 3.63) is 35.9 Å². The molecule has 1 amide bonds. The molecule has 92 valence electrons. The van der Waals surface area contributed by atoms with Gasteiger partial charge in [0.2, 0.25) is 5.91 Å². The lowest BCUT2D eigenvalue weighted by Crippen LogP contribution is -2.32. The first-order valence-corrected chi connectivity index (χ1v) is 6.17. The number of carbonyl (C=O) groups is 1. The number of hydrogen-bond donors (Lipinski definition) is 1. The predicted molar refractivity (Wildman–Crippen MR) is 68.3 cm³/mol. The number of nitrogens with zero attached hydrogens (tertiary/aromatic N) is 1. The Hall–Kier alpha value is -1.35. The Bertz CT molecular complexity index is 388. The minimum atomic E-state index is 0.000191. The lowest BCUT2D eigenvalue weighted by Gasteiger charge is -2.24. The Morgan fingerprint density at radius 3 is 2.53 bits per heavy atom. The van der Waals surface area contributed by atoms with Gasteiger partial charge in [-0.15, -0.1) is 0 Å². The highest BCUT2D eigenvalue weighted by Gasteiger charge is 2.37. The maximum atomic E-state index is 12.0. The Kier molecular flexibility index (Phi) is 3.48. The number of rotatable bonds is 3. The largest absolute Gasteiger partial charge is 0.335 e. The van der Waals surface area contributed by atoms with Crippen molar-refractivity contribution < 1.29 is 4.79 Å². The van der Waals surface area contributed by atoms with Crippen LogP contribution in [0.4, 0.5) is 0 Å². The zero-order chi connectivity index (χ0) is 12.4. The van der Waals surface area contributed by atoms with Gasteiger partial charge in [-0.3, -0.25) is 9.69 Å². The van der Waals surface area contributed by atoms with Gasteiger partial charge in [0.05, 0.1) is 6.04 Å². The lowest BCUT2D eigenvalue weighted by molar-refractivity contribution is -0.121. The average molecular weight is 232 g/mol. The molecule has 2 rings (SSSR count). The molecule has 0 spiro atoms. The number of amides is 1. The minimum Gasteiger partial charge on any atom is -0.335 e. The van der Waals surface area contributed by atoms with E-state index in [-0.39, 0.29) is 18.1 Å². The normalized spacial score (nSPS) is 25.3. The molecule has 0 aliphatic carbocycles. The van der Waals surface area contributed by atoms with Gasteiger partial charge in [-0.1, -0.05) is 44.2 Å². The average Bonchev–Trinajstić information content (AvgIpc) is 2.58. The fourth-order valence-corrected chi connectivity index (χ4v) is 2.37. The monoisotopic (exact) mass is 232 g/mol.